The van der Waals surface area contributed by atoms with Crippen LogP contribution in [-0.2, 0) is 6.42 Å². The van der Waals surface area contributed by atoms with Gasteiger partial charge in [0.1, 0.15) is 11.6 Å². The molecule has 2 nitrogen and oxygen atoms in total. The van der Waals surface area contributed by atoms with Crippen molar-refractivity contribution in [2.45, 2.75) is 25.8 Å². The van der Waals surface area contributed by atoms with Crippen molar-refractivity contribution >= 4 is 0 Å². The Morgan fingerprint density at radius 3 is 2.75 bits per heavy atom. The fourth-order valence-corrected chi connectivity index (χ4v) is 1.53. The largest absolute Gasteiger partial charge is 0.330 e. The molecule has 0 radical (unpaired) electrons. The predicted molar refractivity (Wildman–Crippen MR) is 61.2 cm³/mol. The van der Waals surface area contributed by atoms with E-state index < -0.39 is 11.6 Å². The molecule has 0 bridgehead atoms. The third-order valence-electron chi connectivity index (χ3n) is 2.50. The van der Waals surface area contributed by atoms with Gasteiger partial charge in [0.05, 0.1) is 0 Å². The lowest BCUT2D eigenvalue weighted by atomic mass is 10.1. The molecule has 0 saturated heterocycles. The van der Waals surface area contributed by atoms with Gasteiger partial charge in [0.15, 0.2) is 0 Å². The van der Waals surface area contributed by atoms with Crippen LogP contribution in [0.4, 0.5) is 8.78 Å². The average molecular weight is 228 g/mol. The Kier molecular flexibility index (Phi) is 5.35. The van der Waals surface area contributed by atoms with E-state index in [2.05, 4.69) is 5.32 Å². The zero-order valence-corrected chi connectivity index (χ0v) is 9.47. The summed E-state index contributed by atoms with van der Waals surface area (Å²) in [6.45, 7) is 3.34. The van der Waals surface area contributed by atoms with Crippen molar-refractivity contribution in [2.75, 3.05) is 13.1 Å². The summed E-state index contributed by atoms with van der Waals surface area (Å²) in [6.07, 6.45) is 1.45. The van der Waals surface area contributed by atoms with E-state index in [0.29, 0.717) is 31.1 Å². The van der Waals surface area contributed by atoms with E-state index in [-0.39, 0.29) is 0 Å². The molecular formula is C12H18F2N2. The summed E-state index contributed by atoms with van der Waals surface area (Å²) in [4.78, 5) is 0. The van der Waals surface area contributed by atoms with E-state index in [9.17, 15) is 8.78 Å². The summed E-state index contributed by atoms with van der Waals surface area (Å²) in [5.41, 5.74) is 5.95. The molecule has 0 aromatic heterocycles. The van der Waals surface area contributed by atoms with E-state index >= 15 is 0 Å². The van der Waals surface area contributed by atoms with Crippen molar-refractivity contribution in [3.8, 4) is 0 Å². The molecule has 0 fully saturated rings. The van der Waals surface area contributed by atoms with Crippen molar-refractivity contribution < 1.29 is 8.78 Å². The summed E-state index contributed by atoms with van der Waals surface area (Å²) < 4.78 is 25.9. The van der Waals surface area contributed by atoms with Crippen molar-refractivity contribution in [1.29, 1.82) is 0 Å². The van der Waals surface area contributed by atoms with E-state index in [1.165, 1.54) is 12.1 Å². The number of nitrogens with one attached hydrogen (secondary N) is 1. The van der Waals surface area contributed by atoms with E-state index in [0.717, 1.165) is 12.5 Å². The van der Waals surface area contributed by atoms with E-state index in [1.54, 1.807) is 0 Å². The van der Waals surface area contributed by atoms with Crippen LogP contribution < -0.4 is 11.1 Å². The average Bonchev–Trinajstić information content (AvgIpc) is 2.22. The van der Waals surface area contributed by atoms with Crippen LogP contribution >= 0.6 is 0 Å². The first kappa shape index (κ1) is 13.1. The van der Waals surface area contributed by atoms with Gasteiger partial charge in [-0.05, 0) is 44.5 Å². The monoisotopic (exact) mass is 228 g/mol. The SMILES string of the molecule is CC(CCN)NCCc1ccc(F)cc1F. The highest BCUT2D eigenvalue weighted by Crippen LogP contribution is 2.09. The second-order valence-corrected chi connectivity index (χ2v) is 3.92. The van der Waals surface area contributed by atoms with Gasteiger partial charge in [-0.3, -0.25) is 0 Å². The fraction of sp³-hybridized carbons (Fsp3) is 0.500. The molecule has 16 heavy (non-hydrogen) atoms. The summed E-state index contributed by atoms with van der Waals surface area (Å²) in [6, 6.07) is 4.01. The molecule has 1 unspecified atom stereocenters. The summed E-state index contributed by atoms with van der Waals surface area (Å²) in [5, 5.41) is 3.23. The summed E-state index contributed by atoms with van der Waals surface area (Å²) in [5.74, 6) is -1.01. The van der Waals surface area contributed by atoms with Gasteiger partial charge in [-0.2, -0.15) is 0 Å². The maximum atomic E-state index is 13.2. The highest BCUT2D eigenvalue weighted by molar-refractivity contribution is 5.18. The molecule has 1 rings (SSSR count). The molecule has 1 aromatic carbocycles. The Morgan fingerprint density at radius 1 is 1.38 bits per heavy atom. The lowest BCUT2D eigenvalue weighted by Crippen LogP contribution is -2.30. The fourth-order valence-electron chi connectivity index (χ4n) is 1.53. The van der Waals surface area contributed by atoms with Gasteiger partial charge in [-0.15, -0.1) is 0 Å². The molecule has 1 aromatic rings. The first-order chi connectivity index (χ1) is 7.63. The molecule has 0 aliphatic rings. The van der Waals surface area contributed by atoms with Crippen molar-refractivity contribution in [3.05, 3.63) is 35.4 Å². The van der Waals surface area contributed by atoms with Crippen LogP contribution in [0.15, 0.2) is 18.2 Å². The minimum atomic E-state index is -0.536. The standard InChI is InChI=1S/C12H18F2N2/c1-9(4-6-15)16-7-5-10-2-3-11(13)8-12(10)14/h2-3,8-9,16H,4-7,15H2,1H3. The number of hydrogen-bond donors (Lipinski definition) is 2. The van der Waals surface area contributed by atoms with Crippen LogP contribution in [0, 0.1) is 11.6 Å². The van der Waals surface area contributed by atoms with Crippen molar-refractivity contribution in [3.63, 3.8) is 0 Å². The Balaban J connectivity index is 2.37. The predicted octanol–water partition coefficient (Wildman–Crippen LogP) is 1.83. The van der Waals surface area contributed by atoms with Crippen LogP contribution in [-0.4, -0.2) is 19.1 Å². The molecule has 4 heteroatoms. The van der Waals surface area contributed by atoms with Crippen LogP contribution in [0.3, 0.4) is 0 Å². The minimum absolute atomic E-state index is 0.327. The minimum Gasteiger partial charge on any atom is -0.330 e. The van der Waals surface area contributed by atoms with Gasteiger partial charge in [0.25, 0.3) is 0 Å². The molecule has 3 N–H and O–H groups in total. The Hall–Kier alpha value is -1.00. The van der Waals surface area contributed by atoms with Gasteiger partial charge in [0, 0.05) is 12.1 Å². The molecule has 0 saturated carbocycles. The van der Waals surface area contributed by atoms with Crippen LogP contribution in [0.1, 0.15) is 18.9 Å². The molecule has 1 atom stereocenters. The molecule has 0 aliphatic carbocycles. The first-order valence-corrected chi connectivity index (χ1v) is 5.51. The summed E-state index contributed by atoms with van der Waals surface area (Å²) in [7, 11) is 0. The van der Waals surface area contributed by atoms with Crippen molar-refractivity contribution in [1.82, 2.24) is 5.32 Å². The van der Waals surface area contributed by atoms with Gasteiger partial charge < -0.3 is 11.1 Å². The second-order valence-electron chi connectivity index (χ2n) is 3.92. The van der Waals surface area contributed by atoms with Crippen LogP contribution in [0.2, 0.25) is 0 Å². The zero-order valence-electron chi connectivity index (χ0n) is 9.47. The Bertz CT molecular complexity index is 329. The maximum absolute atomic E-state index is 13.2. The zero-order chi connectivity index (χ0) is 12.0. The molecule has 0 aliphatic heterocycles. The smallest absolute Gasteiger partial charge is 0.129 e. The number of benzene rings is 1. The van der Waals surface area contributed by atoms with Gasteiger partial charge >= 0.3 is 0 Å². The van der Waals surface area contributed by atoms with Crippen LogP contribution in [0.25, 0.3) is 0 Å². The number of nitrogens with two attached hydrogens (primary N) is 1. The highest BCUT2D eigenvalue weighted by atomic mass is 19.1. The highest BCUT2D eigenvalue weighted by Gasteiger charge is 2.04. The lowest BCUT2D eigenvalue weighted by molar-refractivity contribution is 0.514. The molecule has 0 heterocycles. The molecule has 0 spiro atoms. The Labute approximate surface area is 94.8 Å². The normalized spacial score (nSPS) is 12.8. The second kappa shape index (κ2) is 6.55. The lowest BCUT2D eigenvalue weighted by Gasteiger charge is -2.12. The molecule has 90 valence electrons. The molecular weight excluding hydrogens is 210 g/mol. The number of rotatable bonds is 6. The third kappa shape index (κ3) is 4.24. The van der Waals surface area contributed by atoms with Crippen molar-refractivity contribution in [2.24, 2.45) is 5.73 Å². The number of hydrogen-bond acceptors (Lipinski definition) is 2. The third-order valence-corrected chi connectivity index (χ3v) is 2.50. The maximum Gasteiger partial charge on any atom is 0.129 e. The number of halogens is 2. The van der Waals surface area contributed by atoms with Gasteiger partial charge in [0.2, 0.25) is 0 Å². The van der Waals surface area contributed by atoms with Gasteiger partial charge in [-0.1, -0.05) is 6.07 Å². The molecule has 0 amide bonds. The first-order valence-electron chi connectivity index (χ1n) is 5.51. The van der Waals surface area contributed by atoms with E-state index in [4.69, 9.17) is 5.73 Å². The topological polar surface area (TPSA) is 38.0 Å². The van der Waals surface area contributed by atoms with Gasteiger partial charge in [-0.25, -0.2) is 8.78 Å². The van der Waals surface area contributed by atoms with Crippen LogP contribution in [0.5, 0.6) is 0 Å². The Morgan fingerprint density at radius 2 is 2.12 bits per heavy atom. The quantitative estimate of drug-likeness (QED) is 0.779. The van der Waals surface area contributed by atoms with E-state index in [1.807, 2.05) is 6.92 Å². The summed E-state index contributed by atoms with van der Waals surface area (Å²) >= 11 is 0.